The summed E-state index contributed by atoms with van der Waals surface area (Å²) in [6.07, 6.45) is 3.99. The Morgan fingerprint density at radius 1 is 1.21 bits per heavy atom. The summed E-state index contributed by atoms with van der Waals surface area (Å²) in [5.41, 5.74) is 1.54. The van der Waals surface area contributed by atoms with Crippen LogP contribution in [0.1, 0.15) is 44.6 Å². The van der Waals surface area contributed by atoms with E-state index in [1.165, 1.54) is 31.4 Å². The maximum Gasteiger partial charge on any atom is 0.0174 e. The molecular weight excluding hydrogens is 232 g/mol. The highest BCUT2D eigenvalue weighted by Crippen LogP contribution is 2.46. The molecular formula is C17H26N2. The van der Waals surface area contributed by atoms with Gasteiger partial charge in [-0.25, -0.2) is 0 Å². The van der Waals surface area contributed by atoms with Crippen LogP contribution in [0.25, 0.3) is 0 Å². The van der Waals surface area contributed by atoms with Crippen molar-refractivity contribution < 1.29 is 0 Å². The molecule has 1 saturated carbocycles. The molecule has 2 aliphatic rings. The molecule has 3 rings (SSSR count). The molecule has 0 bridgehead atoms. The van der Waals surface area contributed by atoms with Crippen molar-refractivity contribution in [2.45, 2.75) is 57.2 Å². The van der Waals surface area contributed by atoms with E-state index in [-0.39, 0.29) is 0 Å². The van der Waals surface area contributed by atoms with E-state index in [1.54, 1.807) is 0 Å². The lowest BCUT2D eigenvalue weighted by Crippen LogP contribution is -2.48. The van der Waals surface area contributed by atoms with E-state index in [2.05, 4.69) is 54.4 Å². The largest absolute Gasteiger partial charge is 0.314 e. The van der Waals surface area contributed by atoms with Crippen LogP contribution in [-0.4, -0.2) is 36.1 Å². The van der Waals surface area contributed by atoms with Crippen molar-refractivity contribution >= 4 is 0 Å². The fraction of sp³-hybridized carbons (Fsp3) is 0.647. The minimum Gasteiger partial charge on any atom is -0.314 e. The van der Waals surface area contributed by atoms with Crippen molar-refractivity contribution in [2.24, 2.45) is 0 Å². The average Bonchev–Trinajstić information content (AvgIpc) is 3.20. The minimum atomic E-state index is 0.733. The van der Waals surface area contributed by atoms with Gasteiger partial charge in [0, 0.05) is 30.6 Å². The molecule has 2 heteroatoms. The predicted octanol–water partition coefficient (Wildman–Crippen LogP) is 3.00. The van der Waals surface area contributed by atoms with Gasteiger partial charge in [-0.05, 0) is 38.3 Å². The van der Waals surface area contributed by atoms with Crippen molar-refractivity contribution in [3.63, 3.8) is 0 Å². The number of rotatable bonds is 4. The standard InChI is InChI=1S/C17H26N2/c1-3-18-15-9-10-19(13(2)11-15)17-12-16(17)14-7-5-4-6-8-14/h4-8,13,15-18H,3,9-12H2,1-2H3. The van der Waals surface area contributed by atoms with Crippen LogP contribution in [0, 0.1) is 0 Å². The van der Waals surface area contributed by atoms with Crippen LogP contribution in [0.4, 0.5) is 0 Å². The lowest BCUT2D eigenvalue weighted by atomic mass is 9.97. The number of piperidine rings is 1. The number of nitrogens with zero attached hydrogens (tertiary/aromatic N) is 1. The first kappa shape index (κ1) is 13.1. The smallest absolute Gasteiger partial charge is 0.0174 e. The molecule has 104 valence electrons. The molecule has 1 N–H and O–H groups in total. The van der Waals surface area contributed by atoms with Gasteiger partial charge in [0.25, 0.3) is 0 Å². The van der Waals surface area contributed by atoms with Gasteiger partial charge < -0.3 is 5.32 Å². The lowest BCUT2D eigenvalue weighted by Gasteiger charge is -2.38. The second-order valence-corrected chi connectivity index (χ2v) is 6.19. The molecule has 0 spiro atoms. The zero-order chi connectivity index (χ0) is 13.2. The quantitative estimate of drug-likeness (QED) is 0.893. The lowest BCUT2D eigenvalue weighted by molar-refractivity contribution is 0.126. The van der Waals surface area contributed by atoms with Crippen LogP contribution in [0.3, 0.4) is 0 Å². The molecule has 2 fully saturated rings. The molecule has 1 aliphatic heterocycles. The van der Waals surface area contributed by atoms with Crippen LogP contribution in [0.2, 0.25) is 0 Å². The maximum atomic E-state index is 3.61. The third-order valence-electron chi connectivity index (χ3n) is 4.83. The maximum absolute atomic E-state index is 3.61. The van der Waals surface area contributed by atoms with Gasteiger partial charge in [-0.2, -0.15) is 0 Å². The van der Waals surface area contributed by atoms with E-state index in [1.807, 2.05) is 0 Å². The molecule has 1 aromatic rings. The monoisotopic (exact) mass is 258 g/mol. The van der Waals surface area contributed by atoms with Crippen LogP contribution in [0.15, 0.2) is 30.3 Å². The highest BCUT2D eigenvalue weighted by Gasteiger charge is 2.45. The molecule has 2 nitrogen and oxygen atoms in total. The van der Waals surface area contributed by atoms with Crippen LogP contribution < -0.4 is 5.32 Å². The first-order chi connectivity index (χ1) is 9.29. The van der Waals surface area contributed by atoms with E-state index in [9.17, 15) is 0 Å². The van der Waals surface area contributed by atoms with Crippen LogP contribution in [0.5, 0.6) is 0 Å². The first-order valence-electron chi connectivity index (χ1n) is 7.83. The Hall–Kier alpha value is -0.860. The van der Waals surface area contributed by atoms with E-state index in [0.717, 1.165) is 30.6 Å². The second kappa shape index (κ2) is 5.64. The molecule has 1 aliphatic carbocycles. The Labute approximate surface area is 117 Å². The van der Waals surface area contributed by atoms with Crippen LogP contribution >= 0.6 is 0 Å². The van der Waals surface area contributed by atoms with Gasteiger partial charge in [0.15, 0.2) is 0 Å². The summed E-state index contributed by atoms with van der Waals surface area (Å²) in [5.74, 6) is 0.791. The summed E-state index contributed by atoms with van der Waals surface area (Å²) in [6.45, 7) is 6.99. The van der Waals surface area contributed by atoms with Gasteiger partial charge in [0.2, 0.25) is 0 Å². The Morgan fingerprint density at radius 2 is 2.00 bits per heavy atom. The number of hydrogen-bond donors (Lipinski definition) is 1. The minimum absolute atomic E-state index is 0.733. The summed E-state index contributed by atoms with van der Waals surface area (Å²) in [6, 6.07) is 13.3. The molecule has 1 saturated heterocycles. The number of benzene rings is 1. The summed E-state index contributed by atoms with van der Waals surface area (Å²) < 4.78 is 0. The van der Waals surface area contributed by atoms with Gasteiger partial charge in [-0.1, -0.05) is 37.3 Å². The molecule has 1 aromatic carbocycles. The average molecular weight is 258 g/mol. The summed E-state index contributed by atoms with van der Waals surface area (Å²) in [4.78, 5) is 2.76. The molecule has 1 heterocycles. The van der Waals surface area contributed by atoms with Crippen molar-refractivity contribution in [3.05, 3.63) is 35.9 Å². The zero-order valence-electron chi connectivity index (χ0n) is 12.2. The molecule has 19 heavy (non-hydrogen) atoms. The summed E-state index contributed by atoms with van der Waals surface area (Å²) in [5, 5.41) is 3.61. The third-order valence-corrected chi connectivity index (χ3v) is 4.83. The molecule has 0 amide bonds. The van der Waals surface area contributed by atoms with E-state index < -0.39 is 0 Å². The molecule has 4 unspecified atom stereocenters. The van der Waals surface area contributed by atoms with Crippen molar-refractivity contribution in [1.82, 2.24) is 10.2 Å². The van der Waals surface area contributed by atoms with Gasteiger partial charge in [0.05, 0.1) is 0 Å². The number of nitrogens with one attached hydrogen (secondary N) is 1. The Kier molecular flexibility index (Phi) is 3.90. The summed E-state index contributed by atoms with van der Waals surface area (Å²) in [7, 11) is 0. The van der Waals surface area contributed by atoms with Crippen molar-refractivity contribution in [3.8, 4) is 0 Å². The normalized spacial score (nSPS) is 35.3. The predicted molar refractivity (Wildman–Crippen MR) is 80.5 cm³/mol. The van der Waals surface area contributed by atoms with Gasteiger partial charge in [-0.15, -0.1) is 0 Å². The van der Waals surface area contributed by atoms with Crippen molar-refractivity contribution in [2.75, 3.05) is 13.1 Å². The zero-order valence-corrected chi connectivity index (χ0v) is 12.2. The SMILES string of the molecule is CCNC1CCN(C2CC2c2ccccc2)C(C)C1. The second-order valence-electron chi connectivity index (χ2n) is 6.19. The number of likely N-dealkylation sites (tertiary alicyclic amines) is 1. The Bertz CT molecular complexity index is 403. The van der Waals surface area contributed by atoms with E-state index >= 15 is 0 Å². The molecule has 4 atom stereocenters. The van der Waals surface area contributed by atoms with Gasteiger partial charge >= 0.3 is 0 Å². The van der Waals surface area contributed by atoms with Crippen molar-refractivity contribution in [1.29, 1.82) is 0 Å². The highest BCUT2D eigenvalue weighted by molar-refractivity contribution is 5.28. The number of hydrogen-bond acceptors (Lipinski definition) is 2. The fourth-order valence-electron chi connectivity index (χ4n) is 3.76. The van der Waals surface area contributed by atoms with E-state index in [4.69, 9.17) is 0 Å². The highest BCUT2D eigenvalue weighted by atomic mass is 15.2. The van der Waals surface area contributed by atoms with E-state index in [0.29, 0.717) is 0 Å². The Balaban J connectivity index is 1.57. The third kappa shape index (κ3) is 2.85. The topological polar surface area (TPSA) is 15.3 Å². The Morgan fingerprint density at radius 3 is 2.68 bits per heavy atom. The fourth-order valence-corrected chi connectivity index (χ4v) is 3.76. The van der Waals surface area contributed by atoms with Gasteiger partial charge in [0.1, 0.15) is 0 Å². The summed E-state index contributed by atoms with van der Waals surface area (Å²) >= 11 is 0. The van der Waals surface area contributed by atoms with Crippen LogP contribution in [-0.2, 0) is 0 Å². The molecule has 0 aromatic heterocycles. The van der Waals surface area contributed by atoms with Gasteiger partial charge in [-0.3, -0.25) is 4.90 Å². The first-order valence-corrected chi connectivity index (χ1v) is 7.83. The molecule has 0 radical (unpaired) electrons.